The fraction of sp³-hybridized carbons (Fsp3) is 0.333. The molecule has 0 N–H and O–H groups in total. The van der Waals surface area contributed by atoms with Crippen LogP contribution < -0.4 is 0 Å². The number of halogens is 1. The van der Waals surface area contributed by atoms with E-state index in [1.807, 2.05) is 4.90 Å². The Morgan fingerprint density at radius 2 is 1.88 bits per heavy atom. The number of benzene rings is 1. The SMILES string of the molecule is O=C(Cc1ccoc1)N1CCCN(C(=O)c2cccc(Cl)c2)CC1. The maximum Gasteiger partial charge on any atom is 0.253 e. The molecule has 5 nitrogen and oxygen atoms in total. The first-order valence-corrected chi connectivity index (χ1v) is 8.35. The molecule has 2 amide bonds. The number of nitrogens with zero attached hydrogens (tertiary/aromatic N) is 2. The maximum absolute atomic E-state index is 12.6. The van der Waals surface area contributed by atoms with Crippen molar-refractivity contribution in [2.24, 2.45) is 0 Å². The second-order valence-electron chi connectivity index (χ2n) is 5.85. The molecule has 0 radical (unpaired) electrons. The van der Waals surface area contributed by atoms with Gasteiger partial charge in [0.15, 0.2) is 0 Å². The van der Waals surface area contributed by atoms with Gasteiger partial charge in [-0.3, -0.25) is 9.59 Å². The van der Waals surface area contributed by atoms with Crippen LogP contribution in [0.25, 0.3) is 0 Å². The number of amides is 2. The average molecular weight is 347 g/mol. The van der Waals surface area contributed by atoms with Crippen LogP contribution in [0.5, 0.6) is 0 Å². The van der Waals surface area contributed by atoms with E-state index in [0.717, 1.165) is 12.0 Å². The highest BCUT2D eigenvalue weighted by Gasteiger charge is 2.23. The third-order valence-corrected chi connectivity index (χ3v) is 4.38. The fourth-order valence-electron chi connectivity index (χ4n) is 2.85. The van der Waals surface area contributed by atoms with Crippen molar-refractivity contribution in [2.45, 2.75) is 12.8 Å². The Morgan fingerprint density at radius 3 is 2.62 bits per heavy atom. The Morgan fingerprint density at radius 1 is 1.08 bits per heavy atom. The quantitative estimate of drug-likeness (QED) is 0.858. The predicted molar refractivity (Wildman–Crippen MR) is 91.0 cm³/mol. The number of carbonyl (C=O) groups is 2. The zero-order chi connectivity index (χ0) is 16.9. The highest BCUT2D eigenvalue weighted by Crippen LogP contribution is 2.15. The molecule has 0 spiro atoms. The van der Waals surface area contributed by atoms with E-state index >= 15 is 0 Å². The second-order valence-corrected chi connectivity index (χ2v) is 6.28. The summed E-state index contributed by atoms with van der Waals surface area (Å²) < 4.78 is 5.00. The number of rotatable bonds is 3. The van der Waals surface area contributed by atoms with Gasteiger partial charge in [-0.2, -0.15) is 0 Å². The van der Waals surface area contributed by atoms with Gasteiger partial charge < -0.3 is 14.2 Å². The van der Waals surface area contributed by atoms with Gasteiger partial charge in [-0.15, -0.1) is 0 Å². The molecule has 0 bridgehead atoms. The Kier molecular flexibility index (Phi) is 5.20. The molecule has 1 aliphatic heterocycles. The Balaban J connectivity index is 1.60. The largest absolute Gasteiger partial charge is 0.472 e. The van der Waals surface area contributed by atoms with E-state index in [1.165, 1.54) is 0 Å². The molecule has 0 saturated carbocycles. The van der Waals surface area contributed by atoms with E-state index in [2.05, 4.69) is 0 Å². The van der Waals surface area contributed by atoms with Gasteiger partial charge in [-0.1, -0.05) is 17.7 Å². The van der Waals surface area contributed by atoms with Gasteiger partial charge in [0.05, 0.1) is 18.9 Å². The Hall–Kier alpha value is -2.27. The molecule has 0 atom stereocenters. The maximum atomic E-state index is 12.6. The van der Waals surface area contributed by atoms with Crippen LogP contribution in [0, 0.1) is 0 Å². The molecule has 1 saturated heterocycles. The van der Waals surface area contributed by atoms with Gasteiger partial charge in [0.1, 0.15) is 0 Å². The van der Waals surface area contributed by atoms with Crippen molar-refractivity contribution in [3.63, 3.8) is 0 Å². The van der Waals surface area contributed by atoms with E-state index in [-0.39, 0.29) is 11.8 Å². The molecule has 1 fully saturated rings. The van der Waals surface area contributed by atoms with Crippen LogP contribution in [-0.4, -0.2) is 47.8 Å². The topological polar surface area (TPSA) is 53.8 Å². The lowest BCUT2D eigenvalue weighted by Crippen LogP contribution is -2.37. The van der Waals surface area contributed by atoms with Crippen LogP contribution in [-0.2, 0) is 11.2 Å². The molecule has 2 aromatic rings. The summed E-state index contributed by atoms with van der Waals surface area (Å²) >= 11 is 5.96. The van der Waals surface area contributed by atoms with Crippen LogP contribution in [0.3, 0.4) is 0 Å². The van der Waals surface area contributed by atoms with E-state index in [0.29, 0.717) is 43.2 Å². The van der Waals surface area contributed by atoms with Crippen molar-refractivity contribution >= 4 is 23.4 Å². The summed E-state index contributed by atoms with van der Waals surface area (Å²) in [6.07, 6.45) is 4.25. The van der Waals surface area contributed by atoms with Crippen LogP contribution in [0.1, 0.15) is 22.3 Å². The van der Waals surface area contributed by atoms with Crippen molar-refractivity contribution in [1.29, 1.82) is 0 Å². The third-order valence-electron chi connectivity index (χ3n) is 4.14. The van der Waals surface area contributed by atoms with Crippen LogP contribution in [0.4, 0.5) is 0 Å². The summed E-state index contributed by atoms with van der Waals surface area (Å²) in [4.78, 5) is 28.6. The minimum atomic E-state index is -0.0402. The van der Waals surface area contributed by atoms with Gasteiger partial charge >= 0.3 is 0 Å². The van der Waals surface area contributed by atoms with E-state index in [9.17, 15) is 9.59 Å². The van der Waals surface area contributed by atoms with Crippen LogP contribution >= 0.6 is 11.6 Å². The number of carbonyl (C=O) groups excluding carboxylic acids is 2. The smallest absolute Gasteiger partial charge is 0.253 e. The first-order valence-electron chi connectivity index (χ1n) is 7.97. The zero-order valence-electron chi connectivity index (χ0n) is 13.3. The molecule has 6 heteroatoms. The number of furan rings is 1. The van der Waals surface area contributed by atoms with Crippen molar-refractivity contribution in [1.82, 2.24) is 9.80 Å². The third kappa shape index (κ3) is 3.97. The molecule has 1 aromatic carbocycles. The number of hydrogen-bond acceptors (Lipinski definition) is 3. The van der Waals surface area contributed by atoms with Gasteiger partial charge in [0, 0.05) is 36.8 Å². The Bertz CT molecular complexity index is 715. The minimum absolute atomic E-state index is 0.0402. The molecule has 1 aliphatic rings. The summed E-state index contributed by atoms with van der Waals surface area (Å²) in [7, 11) is 0. The van der Waals surface area contributed by atoms with Crippen molar-refractivity contribution in [2.75, 3.05) is 26.2 Å². The first kappa shape index (κ1) is 16.6. The standard InChI is InChI=1S/C18H19ClN2O3/c19-16-4-1-3-15(12-16)18(23)21-7-2-6-20(8-9-21)17(22)11-14-5-10-24-13-14/h1,3-5,10,12-13H,2,6-9,11H2. The summed E-state index contributed by atoms with van der Waals surface area (Å²) in [5.41, 5.74) is 1.46. The van der Waals surface area contributed by atoms with Gasteiger partial charge in [0.2, 0.25) is 5.91 Å². The molecule has 126 valence electrons. The summed E-state index contributed by atoms with van der Waals surface area (Å²) in [6.45, 7) is 2.38. The normalized spacial score (nSPS) is 15.2. The highest BCUT2D eigenvalue weighted by atomic mass is 35.5. The zero-order valence-corrected chi connectivity index (χ0v) is 14.0. The lowest BCUT2D eigenvalue weighted by atomic mass is 10.2. The summed E-state index contributed by atoms with van der Waals surface area (Å²) in [5, 5.41) is 0.549. The lowest BCUT2D eigenvalue weighted by molar-refractivity contribution is -0.130. The van der Waals surface area contributed by atoms with E-state index in [4.69, 9.17) is 16.0 Å². The molecule has 2 heterocycles. The highest BCUT2D eigenvalue weighted by molar-refractivity contribution is 6.30. The van der Waals surface area contributed by atoms with Gasteiger partial charge in [-0.05, 0) is 36.2 Å². The molecular formula is C18H19ClN2O3. The predicted octanol–water partition coefficient (Wildman–Crippen LogP) is 2.85. The lowest BCUT2D eigenvalue weighted by Gasteiger charge is -2.22. The van der Waals surface area contributed by atoms with E-state index in [1.54, 1.807) is 47.8 Å². The average Bonchev–Trinajstić information content (AvgIpc) is 2.95. The molecule has 3 rings (SSSR count). The van der Waals surface area contributed by atoms with Gasteiger partial charge in [0.25, 0.3) is 5.91 Å². The molecule has 24 heavy (non-hydrogen) atoms. The molecule has 0 unspecified atom stereocenters. The molecule has 1 aromatic heterocycles. The first-order chi connectivity index (χ1) is 11.6. The van der Waals surface area contributed by atoms with Crippen molar-refractivity contribution < 1.29 is 14.0 Å². The minimum Gasteiger partial charge on any atom is -0.472 e. The Labute approximate surface area is 145 Å². The van der Waals surface area contributed by atoms with Crippen LogP contribution in [0.2, 0.25) is 5.02 Å². The fourth-order valence-corrected chi connectivity index (χ4v) is 3.04. The molecular weight excluding hydrogens is 328 g/mol. The summed E-state index contributed by atoms with van der Waals surface area (Å²) in [5.74, 6) is 0.0232. The monoisotopic (exact) mass is 346 g/mol. The van der Waals surface area contributed by atoms with Crippen molar-refractivity contribution in [3.8, 4) is 0 Å². The molecule has 0 aliphatic carbocycles. The van der Waals surface area contributed by atoms with Crippen LogP contribution in [0.15, 0.2) is 47.3 Å². The van der Waals surface area contributed by atoms with Crippen molar-refractivity contribution in [3.05, 3.63) is 59.0 Å². The van der Waals surface area contributed by atoms with Gasteiger partial charge in [-0.25, -0.2) is 0 Å². The second kappa shape index (κ2) is 7.53. The number of hydrogen-bond donors (Lipinski definition) is 0. The summed E-state index contributed by atoms with van der Waals surface area (Å²) in [6, 6.07) is 8.76. The van der Waals surface area contributed by atoms with E-state index < -0.39 is 0 Å².